The fourth-order valence-corrected chi connectivity index (χ4v) is 2.93. The Morgan fingerprint density at radius 2 is 2.29 bits per heavy atom. The molecule has 3 heteroatoms. The molecule has 5 unspecified atom stereocenters. The van der Waals surface area contributed by atoms with Gasteiger partial charge in [-0.1, -0.05) is 6.92 Å². The van der Waals surface area contributed by atoms with Gasteiger partial charge in [0.05, 0.1) is 7.05 Å². The Labute approximate surface area is 85.7 Å². The third-order valence-corrected chi connectivity index (χ3v) is 3.97. The third-order valence-electron chi connectivity index (χ3n) is 3.97. The van der Waals surface area contributed by atoms with E-state index in [2.05, 4.69) is 18.3 Å². The van der Waals surface area contributed by atoms with Crippen LogP contribution in [0.5, 0.6) is 0 Å². The van der Waals surface area contributed by atoms with E-state index in [1.54, 1.807) is 7.05 Å². The average Bonchev–Trinajstić information content (AvgIpc) is 2.09. The van der Waals surface area contributed by atoms with E-state index in [0.29, 0.717) is 17.9 Å². The van der Waals surface area contributed by atoms with E-state index in [9.17, 15) is 5.21 Å². The minimum atomic E-state index is 0.261. The number of allylic oxidation sites excluding steroid dienone is 1. The molecule has 0 aromatic heterocycles. The van der Waals surface area contributed by atoms with Gasteiger partial charge >= 0.3 is 0 Å². The lowest BCUT2D eigenvalue weighted by Gasteiger charge is -2.49. The first-order chi connectivity index (χ1) is 6.63. The average molecular weight is 196 g/mol. The smallest absolute Gasteiger partial charge is 0.103 e. The van der Waals surface area contributed by atoms with Gasteiger partial charge in [-0.15, -0.1) is 0 Å². The van der Waals surface area contributed by atoms with E-state index in [-0.39, 0.29) is 5.06 Å². The van der Waals surface area contributed by atoms with Gasteiger partial charge in [0.1, 0.15) is 5.70 Å². The Balaban J connectivity index is 2.12. The summed E-state index contributed by atoms with van der Waals surface area (Å²) in [5.41, 5.74) is 1.05. The quantitative estimate of drug-likeness (QED) is 0.617. The summed E-state index contributed by atoms with van der Waals surface area (Å²) >= 11 is 0. The summed E-state index contributed by atoms with van der Waals surface area (Å²) in [5.74, 6) is 2.12. The zero-order valence-corrected chi connectivity index (χ0v) is 9.21. The molecule has 1 fully saturated rings. The van der Waals surface area contributed by atoms with Crippen LogP contribution in [0.1, 0.15) is 19.8 Å². The lowest BCUT2D eigenvalue weighted by Crippen LogP contribution is -3.02. The van der Waals surface area contributed by atoms with Crippen LogP contribution in [0.25, 0.3) is 0 Å². The molecule has 0 amide bonds. The summed E-state index contributed by atoms with van der Waals surface area (Å²) < 4.78 is 0. The summed E-state index contributed by atoms with van der Waals surface area (Å²) in [6.45, 7) is 2.28. The molecule has 0 saturated heterocycles. The van der Waals surface area contributed by atoms with Gasteiger partial charge in [0.2, 0.25) is 0 Å². The van der Waals surface area contributed by atoms with Crippen LogP contribution < -0.4 is 10.4 Å². The number of hydroxylamine groups is 2. The first kappa shape index (κ1) is 10.1. The number of quaternary nitrogens is 1. The van der Waals surface area contributed by atoms with Crippen molar-refractivity contribution < 1.29 is 5.06 Å². The van der Waals surface area contributed by atoms with Crippen molar-refractivity contribution in [1.29, 1.82) is 0 Å². The Kier molecular flexibility index (Phi) is 2.64. The second-order valence-electron chi connectivity index (χ2n) is 4.80. The maximum absolute atomic E-state index is 11.3. The molecule has 3 nitrogen and oxygen atoms in total. The van der Waals surface area contributed by atoms with Gasteiger partial charge in [0, 0.05) is 18.4 Å². The third kappa shape index (κ3) is 1.49. The predicted octanol–water partition coefficient (Wildman–Crippen LogP) is 0.147. The van der Waals surface area contributed by atoms with Crippen molar-refractivity contribution in [3.63, 3.8) is 0 Å². The zero-order valence-electron chi connectivity index (χ0n) is 9.21. The standard InChI is InChI=1S/C11H20N2O/c1-7-4-8(13(3)14)5-10-9(7)6-11(10)12-2/h5,7,9-13H,4,6H2,1-3H3. The van der Waals surface area contributed by atoms with Crippen LogP contribution in [-0.4, -0.2) is 20.1 Å². The van der Waals surface area contributed by atoms with Crippen molar-refractivity contribution >= 4 is 0 Å². The molecule has 0 aromatic carbocycles. The highest BCUT2D eigenvalue weighted by Gasteiger charge is 2.45. The van der Waals surface area contributed by atoms with E-state index in [0.717, 1.165) is 18.0 Å². The zero-order chi connectivity index (χ0) is 10.3. The molecule has 0 bridgehead atoms. The van der Waals surface area contributed by atoms with Crippen molar-refractivity contribution in [2.24, 2.45) is 17.8 Å². The topological polar surface area (TPSA) is 39.5 Å². The number of fused-ring (bicyclic) bond motifs is 1. The molecule has 0 aromatic rings. The second-order valence-corrected chi connectivity index (χ2v) is 4.80. The number of hydrogen-bond acceptors (Lipinski definition) is 2. The van der Waals surface area contributed by atoms with E-state index >= 15 is 0 Å². The highest BCUT2D eigenvalue weighted by Crippen LogP contribution is 2.45. The number of rotatable bonds is 2. The molecular formula is C11H20N2O. The molecule has 1 saturated carbocycles. The lowest BCUT2D eigenvalue weighted by atomic mass is 9.60. The fourth-order valence-electron chi connectivity index (χ4n) is 2.93. The van der Waals surface area contributed by atoms with Gasteiger partial charge in [-0.2, -0.15) is 0 Å². The largest absolute Gasteiger partial charge is 0.629 e. The fraction of sp³-hybridized carbons (Fsp3) is 0.818. The molecule has 0 radical (unpaired) electrons. The molecule has 0 heterocycles. The van der Waals surface area contributed by atoms with Crippen LogP contribution in [0.15, 0.2) is 11.8 Å². The van der Waals surface area contributed by atoms with Crippen molar-refractivity contribution in [2.75, 3.05) is 14.1 Å². The maximum Gasteiger partial charge on any atom is 0.103 e. The molecule has 5 atom stereocenters. The Morgan fingerprint density at radius 1 is 1.57 bits per heavy atom. The Morgan fingerprint density at radius 3 is 2.86 bits per heavy atom. The molecule has 0 spiro atoms. The molecule has 2 aliphatic carbocycles. The summed E-state index contributed by atoms with van der Waals surface area (Å²) in [7, 11) is 3.70. The lowest BCUT2D eigenvalue weighted by molar-refractivity contribution is -0.785. The minimum absolute atomic E-state index is 0.261. The normalized spacial score (nSPS) is 43.6. The van der Waals surface area contributed by atoms with Crippen molar-refractivity contribution in [3.8, 4) is 0 Å². The molecule has 2 N–H and O–H groups in total. The first-order valence-electron chi connectivity index (χ1n) is 5.52. The Hall–Kier alpha value is -0.380. The van der Waals surface area contributed by atoms with E-state index in [4.69, 9.17) is 0 Å². The van der Waals surface area contributed by atoms with Crippen LogP contribution in [0, 0.1) is 23.0 Å². The maximum atomic E-state index is 11.3. The van der Waals surface area contributed by atoms with Gasteiger partial charge in [-0.25, -0.2) is 0 Å². The van der Waals surface area contributed by atoms with Crippen LogP contribution in [0.2, 0.25) is 0 Å². The van der Waals surface area contributed by atoms with E-state index in [1.807, 2.05) is 7.05 Å². The van der Waals surface area contributed by atoms with Crippen LogP contribution in [-0.2, 0) is 0 Å². The number of nitrogens with one attached hydrogen (secondary N) is 2. The molecular weight excluding hydrogens is 176 g/mol. The van der Waals surface area contributed by atoms with E-state index < -0.39 is 0 Å². The highest BCUT2D eigenvalue weighted by molar-refractivity contribution is 5.14. The second kappa shape index (κ2) is 3.65. The van der Waals surface area contributed by atoms with Gasteiger partial charge in [-0.05, 0) is 31.4 Å². The molecule has 14 heavy (non-hydrogen) atoms. The summed E-state index contributed by atoms with van der Waals surface area (Å²) in [5, 5.41) is 14.9. The summed E-state index contributed by atoms with van der Waals surface area (Å²) in [6, 6.07) is 0.608. The van der Waals surface area contributed by atoms with Crippen LogP contribution in [0.4, 0.5) is 0 Å². The van der Waals surface area contributed by atoms with Gasteiger partial charge in [0.25, 0.3) is 0 Å². The molecule has 2 aliphatic rings. The van der Waals surface area contributed by atoms with Crippen molar-refractivity contribution in [2.45, 2.75) is 25.8 Å². The number of hydrogen-bond donors (Lipinski definition) is 2. The van der Waals surface area contributed by atoms with Crippen LogP contribution >= 0.6 is 0 Å². The van der Waals surface area contributed by atoms with E-state index in [1.165, 1.54) is 6.42 Å². The Bertz CT molecular complexity index is 250. The SMILES string of the molecule is CNC1CC2C(C)CC([NH+](C)[O-])=CC12. The van der Waals surface area contributed by atoms with Gasteiger partial charge in [-0.3, -0.25) is 0 Å². The van der Waals surface area contributed by atoms with Crippen molar-refractivity contribution in [3.05, 3.63) is 17.0 Å². The molecule has 80 valence electrons. The van der Waals surface area contributed by atoms with Crippen LogP contribution in [0.3, 0.4) is 0 Å². The first-order valence-corrected chi connectivity index (χ1v) is 5.52. The monoisotopic (exact) mass is 196 g/mol. The summed E-state index contributed by atoms with van der Waals surface area (Å²) in [4.78, 5) is 0. The van der Waals surface area contributed by atoms with Gasteiger partial charge < -0.3 is 15.6 Å². The minimum Gasteiger partial charge on any atom is -0.629 e. The summed E-state index contributed by atoms with van der Waals surface area (Å²) in [6.07, 6.45) is 4.49. The van der Waals surface area contributed by atoms with Crippen molar-refractivity contribution in [1.82, 2.24) is 5.32 Å². The molecule has 2 rings (SSSR count). The van der Waals surface area contributed by atoms with Gasteiger partial charge in [0.15, 0.2) is 0 Å². The highest BCUT2D eigenvalue weighted by atomic mass is 16.5. The molecule has 0 aliphatic heterocycles. The predicted molar refractivity (Wildman–Crippen MR) is 56.6 cm³/mol.